The van der Waals surface area contributed by atoms with Gasteiger partial charge in [-0.2, -0.15) is 0 Å². The van der Waals surface area contributed by atoms with Crippen molar-refractivity contribution in [3.05, 3.63) is 88.6 Å². The number of hydrogen-bond acceptors (Lipinski definition) is 2. The van der Waals surface area contributed by atoms with Gasteiger partial charge in [-0.05, 0) is 102 Å². The lowest BCUT2D eigenvalue weighted by Crippen LogP contribution is -2.58. The van der Waals surface area contributed by atoms with Crippen LogP contribution in [-0.2, 0) is 11.3 Å². The topological polar surface area (TPSA) is 71.3 Å². The highest BCUT2D eigenvalue weighted by Crippen LogP contribution is 2.69. The molecule has 1 amide bonds. The molecule has 4 saturated carbocycles. The fourth-order valence-electron chi connectivity index (χ4n) is 9.53. The van der Waals surface area contributed by atoms with Crippen LogP contribution in [0.1, 0.15) is 68.4 Å². The van der Waals surface area contributed by atoms with E-state index in [1.54, 1.807) is 41.0 Å². The second kappa shape index (κ2) is 9.65. The molecule has 43 heavy (non-hydrogen) atoms. The molecule has 0 radical (unpaired) electrons. The van der Waals surface area contributed by atoms with E-state index in [4.69, 9.17) is 11.6 Å². The van der Waals surface area contributed by atoms with Gasteiger partial charge in [-0.3, -0.25) is 4.79 Å². The minimum absolute atomic E-state index is 0.0481. The summed E-state index contributed by atoms with van der Waals surface area (Å²) in [7, 11) is 0. The number of aromatic carboxylic acids is 1. The number of fused-ring (bicyclic) bond motifs is 1. The monoisotopic (exact) mass is 602 g/mol. The molecule has 4 aromatic rings. The summed E-state index contributed by atoms with van der Waals surface area (Å²) in [6.07, 6.45) is 5.82. The van der Waals surface area contributed by atoms with Crippen LogP contribution in [0.4, 0.5) is 14.5 Å². The van der Waals surface area contributed by atoms with Crippen molar-refractivity contribution >= 4 is 40.1 Å². The standard InChI is InChI=1S/C35H33ClF2N2O3/c1-33-13-21-14-34(2,17-33)19-35(15-21,18-33)32(43)39-29-27-7-6-22(23-9-25(37)12-26(38)10-23)11-28(27)40(30(29)31(41)42)16-20-4-3-5-24(36)8-20/h3-12,21H,13-19H2,1-2H3,(H,39,43)(H,41,42). The van der Waals surface area contributed by atoms with E-state index in [1.165, 1.54) is 12.1 Å². The zero-order chi connectivity index (χ0) is 30.3. The van der Waals surface area contributed by atoms with E-state index in [-0.39, 0.29) is 34.7 Å². The van der Waals surface area contributed by atoms with E-state index in [1.807, 2.05) is 6.07 Å². The van der Waals surface area contributed by atoms with Gasteiger partial charge in [-0.25, -0.2) is 13.6 Å². The Bertz CT molecular complexity index is 1790. The summed E-state index contributed by atoms with van der Waals surface area (Å²) in [6.45, 7) is 4.76. The number of nitrogens with zero attached hydrogens (tertiary/aromatic N) is 1. The van der Waals surface area contributed by atoms with Crippen molar-refractivity contribution in [3.8, 4) is 11.1 Å². The van der Waals surface area contributed by atoms with E-state index in [9.17, 15) is 23.5 Å². The molecule has 3 aromatic carbocycles. The molecule has 4 aliphatic rings. The molecule has 1 aromatic heterocycles. The van der Waals surface area contributed by atoms with E-state index < -0.39 is 23.0 Å². The fraction of sp³-hybridized carbons (Fsp3) is 0.371. The van der Waals surface area contributed by atoms with Crippen molar-refractivity contribution in [3.63, 3.8) is 0 Å². The predicted molar refractivity (Wildman–Crippen MR) is 163 cm³/mol. The van der Waals surface area contributed by atoms with Gasteiger partial charge in [0.05, 0.1) is 16.6 Å². The predicted octanol–water partition coefficient (Wildman–Crippen LogP) is 8.92. The third-order valence-corrected chi connectivity index (χ3v) is 10.3. The Hall–Kier alpha value is -3.71. The molecule has 5 nitrogen and oxygen atoms in total. The fourth-order valence-corrected chi connectivity index (χ4v) is 9.74. The number of rotatable bonds is 6. The van der Waals surface area contributed by atoms with Gasteiger partial charge in [-0.15, -0.1) is 0 Å². The summed E-state index contributed by atoms with van der Waals surface area (Å²) in [5.74, 6) is -2.22. The number of halogens is 3. The van der Waals surface area contributed by atoms with Crippen molar-refractivity contribution in [2.24, 2.45) is 22.2 Å². The number of carboxylic acids is 1. The largest absolute Gasteiger partial charge is 0.477 e. The first kappa shape index (κ1) is 28.1. The number of carbonyl (C=O) groups is 2. The van der Waals surface area contributed by atoms with Crippen LogP contribution in [0.3, 0.4) is 0 Å². The zero-order valence-corrected chi connectivity index (χ0v) is 24.9. The number of carboxylic acid groups (broad SMARTS) is 1. The first-order valence-corrected chi connectivity index (χ1v) is 15.1. The van der Waals surface area contributed by atoms with E-state index in [2.05, 4.69) is 19.2 Å². The van der Waals surface area contributed by atoms with E-state index in [0.29, 0.717) is 33.0 Å². The summed E-state index contributed by atoms with van der Waals surface area (Å²) in [5.41, 5.74) is 2.02. The second-order valence-electron chi connectivity index (χ2n) is 14.0. The molecule has 2 N–H and O–H groups in total. The van der Waals surface area contributed by atoms with Gasteiger partial charge in [-0.1, -0.05) is 49.7 Å². The van der Waals surface area contributed by atoms with Crippen LogP contribution in [0.5, 0.6) is 0 Å². The lowest BCUT2D eigenvalue weighted by molar-refractivity contribution is -0.165. The molecule has 0 saturated heterocycles. The Morgan fingerprint density at radius 2 is 1.63 bits per heavy atom. The maximum Gasteiger partial charge on any atom is 0.354 e. The average Bonchev–Trinajstić information content (AvgIpc) is 3.18. The lowest BCUT2D eigenvalue weighted by Gasteiger charge is -2.64. The van der Waals surface area contributed by atoms with Crippen molar-refractivity contribution in [1.82, 2.24) is 4.57 Å². The average molecular weight is 603 g/mol. The first-order chi connectivity index (χ1) is 20.3. The molecule has 0 aliphatic heterocycles. The molecule has 1 heterocycles. The summed E-state index contributed by atoms with van der Waals surface area (Å²) >= 11 is 6.26. The number of amides is 1. The van der Waals surface area contributed by atoms with Crippen molar-refractivity contribution in [2.75, 3.05) is 5.32 Å². The van der Waals surface area contributed by atoms with Gasteiger partial charge >= 0.3 is 5.97 Å². The number of aromatic nitrogens is 1. The quantitative estimate of drug-likeness (QED) is 0.231. The zero-order valence-electron chi connectivity index (χ0n) is 24.1. The SMILES string of the molecule is CC12CC3CC(C)(C1)CC(C(=O)Nc1c(C(=O)O)n(Cc4cccc(Cl)c4)c4cc(-c5cc(F)cc(F)c5)ccc14)(C3)C2. The molecule has 4 bridgehead atoms. The molecule has 4 fully saturated rings. The van der Waals surface area contributed by atoms with Crippen LogP contribution in [0.2, 0.25) is 5.02 Å². The van der Waals surface area contributed by atoms with Gasteiger partial charge in [0, 0.05) is 23.0 Å². The summed E-state index contributed by atoms with van der Waals surface area (Å²) in [5, 5.41) is 14.8. The molecule has 0 spiro atoms. The lowest BCUT2D eigenvalue weighted by atomic mass is 9.40. The molecular weight excluding hydrogens is 570 g/mol. The van der Waals surface area contributed by atoms with Gasteiger partial charge in [0.25, 0.3) is 0 Å². The summed E-state index contributed by atoms with van der Waals surface area (Å²) < 4.78 is 29.9. The summed E-state index contributed by atoms with van der Waals surface area (Å²) in [4.78, 5) is 27.3. The summed E-state index contributed by atoms with van der Waals surface area (Å²) in [6, 6.07) is 15.6. The van der Waals surface area contributed by atoms with Gasteiger partial charge < -0.3 is 15.0 Å². The van der Waals surface area contributed by atoms with E-state index >= 15 is 0 Å². The Labute approximate surface area is 253 Å². The molecular formula is C35H33ClF2N2O3. The van der Waals surface area contributed by atoms with Gasteiger partial charge in [0.1, 0.15) is 11.6 Å². The number of benzene rings is 3. The highest BCUT2D eigenvalue weighted by Gasteiger charge is 2.62. The second-order valence-corrected chi connectivity index (χ2v) is 14.4. The molecule has 2 unspecified atom stereocenters. The number of hydrogen-bond donors (Lipinski definition) is 2. The smallest absolute Gasteiger partial charge is 0.354 e. The number of nitrogens with one attached hydrogen (secondary N) is 1. The Balaban J connectivity index is 1.37. The molecule has 8 rings (SSSR count). The number of anilines is 1. The van der Waals surface area contributed by atoms with Crippen molar-refractivity contribution in [2.45, 2.75) is 58.9 Å². The van der Waals surface area contributed by atoms with Crippen LogP contribution >= 0.6 is 11.6 Å². The van der Waals surface area contributed by atoms with Gasteiger partial charge in [0.15, 0.2) is 5.69 Å². The highest BCUT2D eigenvalue weighted by molar-refractivity contribution is 6.30. The molecule has 2 atom stereocenters. The van der Waals surface area contributed by atoms with E-state index in [0.717, 1.165) is 50.2 Å². The van der Waals surface area contributed by atoms with Crippen LogP contribution < -0.4 is 5.32 Å². The third-order valence-electron chi connectivity index (χ3n) is 10.0. The molecule has 8 heteroatoms. The number of carbonyl (C=O) groups excluding carboxylic acids is 1. The molecule has 222 valence electrons. The Morgan fingerprint density at radius 3 is 2.26 bits per heavy atom. The van der Waals surface area contributed by atoms with Crippen LogP contribution in [0, 0.1) is 33.8 Å². The third kappa shape index (κ3) is 4.82. The van der Waals surface area contributed by atoms with Crippen LogP contribution in [-0.4, -0.2) is 21.6 Å². The highest BCUT2D eigenvalue weighted by atomic mass is 35.5. The first-order valence-electron chi connectivity index (χ1n) is 14.8. The van der Waals surface area contributed by atoms with Crippen LogP contribution in [0.15, 0.2) is 60.7 Å². The Kier molecular flexibility index (Phi) is 6.30. The van der Waals surface area contributed by atoms with Crippen LogP contribution in [0.25, 0.3) is 22.0 Å². The minimum atomic E-state index is -1.18. The maximum atomic E-state index is 14.3. The normalized spacial score (nSPS) is 27.5. The molecule has 4 aliphatic carbocycles. The van der Waals surface area contributed by atoms with Crippen molar-refractivity contribution in [1.29, 1.82) is 0 Å². The minimum Gasteiger partial charge on any atom is -0.477 e. The van der Waals surface area contributed by atoms with Gasteiger partial charge in [0.2, 0.25) is 5.91 Å². The maximum absolute atomic E-state index is 14.3. The Morgan fingerprint density at radius 1 is 0.930 bits per heavy atom. The van der Waals surface area contributed by atoms with Crippen molar-refractivity contribution < 1.29 is 23.5 Å².